The van der Waals surface area contributed by atoms with E-state index in [-0.39, 0.29) is 11.8 Å². The highest BCUT2D eigenvalue weighted by Crippen LogP contribution is 2.43. The van der Waals surface area contributed by atoms with Crippen LogP contribution in [0.25, 0.3) is 0 Å². The maximum atomic E-state index is 12.0. The van der Waals surface area contributed by atoms with Gasteiger partial charge in [0, 0.05) is 24.1 Å². The topological polar surface area (TPSA) is 47.6 Å². The lowest BCUT2D eigenvalue weighted by molar-refractivity contribution is -0.116. The molecule has 21 heavy (non-hydrogen) atoms. The Hall–Kier alpha value is -2.49. The lowest BCUT2D eigenvalue weighted by atomic mass is 9.84. The van der Waals surface area contributed by atoms with Gasteiger partial charge in [-0.2, -0.15) is 0 Å². The van der Waals surface area contributed by atoms with Crippen molar-refractivity contribution in [3.8, 4) is 11.5 Å². The van der Waals surface area contributed by atoms with Crippen molar-refractivity contribution in [2.45, 2.75) is 12.3 Å². The van der Waals surface area contributed by atoms with E-state index < -0.39 is 0 Å². The molecule has 2 aliphatic rings. The van der Waals surface area contributed by atoms with Crippen molar-refractivity contribution in [3.05, 3.63) is 53.6 Å². The number of hydrogen-bond donors (Lipinski definition) is 1. The Labute approximate surface area is 122 Å². The van der Waals surface area contributed by atoms with Crippen molar-refractivity contribution in [2.75, 3.05) is 18.5 Å². The average Bonchev–Trinajstić information content (AvgIpc) is 2.53. The third kappa shape index (κ3) is 2.13. The highest BCUT2D eigenvalue weighted by molar-refractivity contribution is 5.96. The molecular weight excluding hydrogens is 266 g/mol. The number of rotatable bonds is 1. The molecule has 1 atom stereocenters. The van der Waals surface area contributed by atoms with Crippen LogP contribution in [0.15, 0.2) is 42.5 Å². The lowest BCUT2D eigenvalue weighted by Gasteiger charge is -2.28. The van der Waals surface area contributed by atoms with Crippen LogP contribution in [-0.2, 0) is 4.79 Å². The number of nitrogens with one attached hydrogen (secondary N) is 1. The Morgan fingerprint density at radius 2 is 1.71 bits per heavy atom. The molecule has 0 fully saturated rings. The molecular formula is C17H15NO3. The van der Waals surface area contributed by atoms with Crippen LogP contribution in [0, 0.1) is 0 Å². The summed E-state index contributed by atoms with van der Waals surface area (Å²) in [5.74, 6) is 1.56. The molecule has 2 aromatic carbocycles. The van der Waals surface area contributed by atoms with Gasteiger partial charge in [0.05, 0.1) is 0 Å². The summed E-state index contributed by atoms with van der Waals surface area (Å²) in [6.45, 7) is 1.11. The molecule has 0 saturated heterocycles. The minimum absolute atomic E-state index is 0.0352. The Morgan fingerprint density at radius 3 is 2.48 bits per heavy atom. The first-order valence-corrected chi connectivity index (χ1v) is 7.09. The van der Waals surface area contributed by atoms with Gasteiger partial charge in [-0.3, -0.25) is 4.79 Å². The molecule has 4 heteroatoms. The fourth-order valence-electron chi connectivity index (χ4n) is 2.98. The SMILES string of the molecule is O=C1CC(c2ccccc2)c2cc3c(cc2N1)OCCO3. The Morgan fingerprint density at radius 1 is 1.00 bits per heavy atom. The molecule has 4 nitrogen and oxygen atoms in total. The number of anilines is 1. The number of ether oxygens (including phenoxy) is 2. The molecule has 0 spiro atoms. The zero-order valence-corrected chi connectivity index (χ0v) is 11.5. The fourth-order valence-corrected chi connectivity index (χ4v) is 2.98. The van der Waals surface area contributed by atoms with Crippen molar-refractivity contribution < 1.29 is 14.3 Å². The molecule has 0 aliphatic carbocycles. The third-order valence-corrected chi connectivity index (χ3v) is 3.96. The van der Waals surface area contributed by atoms with Crippen molar-refractivity contribution in [1.29, 1.82) is 0 Å². The van der Waals surface area contributed by atoms with Gasteiger partial charge in [-0.25, -0.2) is 0 Å². The van der Waals surface area contributed by atoms with Crippen LogP contribution in [0.3, 0.4) is 0 Å². The van der Waals surface area contributed by atoms with Crippen molar-refractivity contribution >= 4 is 11.6 Å². The second-order valence-corrected chi connectivity index (χ2v) is 5.30. The van der Waals surface area contributed by atoms with Gasteiger partial charge >= 0.3 is 0 Å². The molecule has 1 unspecified atom stereocenters. The highest BCUT2D eigenvalue weighted by atomic mass is 16.6. The number of amides is 1. The van der Waals surface area contributed by atoms with E-state index in [4.69, 9.17) is 9.47 Å². The van der Waals surface area contributed by atoms with E-state index >= 15 is 0 Å². The van der Waals surface area contributed by atoms with Crippen molar-refractivity contribution in [1.82, 2.24) is 0 Å². The van der Waals surface area contributed by atoms with E-state index in [1.807, 2.05) is 30.3 Å². The van der Waals surface area contributed by atoms with Crippen molar-refractivity contribution in [3.63, 3.8) is 0 Å². The predicted molar refractivity (Wildman–Crippen MR) is 79.0 cm³/mol. The smallest absolute Gasteiger partial charge is 0.225 e. The van der Waals surface area contributed by atoms with E-state index in [1.54, 1.807) is 0 Å². The number of hydrogen-bond acceptors (Lipinski definition) is 3. The van der Waals surface area contributed by atoms with Crippen LogP contribution >= 0.6 is 0 Å². The summed E-state index contributed by atoms with van der Waals surface area (Å²) in [4.78, 5) is 12.0. The summed E-state index contributed by atoms with van der Waals surface area (Å²) in [5, 5.41) is 2.94. The average molecular weight is 281 g/mol. The molecule has 0 radical (unpaired) electrons. The Kier molecular flexibility index (Phi) is 2.81. The van der Waals surface area contributed by atoms with Crippen LogP contribution in [-0.4, -0.2) is 19.1 Å². The van der Waals surface area contributed by atoms with E-state index in [0.717, 1.165) is 22.6 Å². The van der Waals surface area contributed by atoms with Gasteiger partial charge in [0.25, 0.3) is 0 Å². The van der Waals surface area contributed by atoms with E-state index in [1.165, 1.54) is 0 Å². The maximum Gasteiger partial charge on any atom is 0.225 e. The van der Waals surface area contributed by atoms with Crippen molar-refractivity contribution in [2.24, 2.45) is 0 Å². The minimum Gasteiger partial charge on any atom is -0.486 e. The van der Waals surface area contributed by atoms with Crippen LogP contribution < -0.4 is 14.8 Å². The third-order valence-electron chi connectivity index (χ3n) is 3.96. The van der Waals surface area contributed by atoms with Crippen LogP contribution in [0.2, 0.25) is 0 Å². The summed E-state index contributed by atoms with van der Waals surface area (Å²) >= 11 is 0. The molecule has 2 aromatic rings. The number of benzene rings is 2. The van der Waals surface area contributed by atoms with E-state index in [2.05, 4.69) is 17.4 Å². The summed E-state index contributed by atoms with van der Waals surface area (Å²) in [6.07, 6.45) is 0.455. The zero-order valence-electron chi connectivity index (χ0n) is 11.5. The van der Waals surface area contributed by atoms with Crippen LogP contribution in [0.1, 0.15) is 23.5 Å². The minimum atomic E-state index is 0.0352. The number of carbonyl (C=O) groups excluding carboxylic acids is 1. The van der Waals surface area contributed by atoms with Crippen LogP contribution in [0.4, 0.5) is 5.69 Å². The summed E-state index contributed by atoms with van der Waals surface area (Å²) in [7, 11) is 0. The van der Waals surface area contributed by atoms with E-state index in [9.17, 15) is 4.79 Å². The first-order valence-electron chi connectivity index (χ1n) is 7.09. The van der Waals surface area contributed by atoms with Gasteiger partial charge in [-0.05, 0) is 17.2 Å². The quantitative estimate of drug-likeness (QED) is 0.874. The first-order chi connectivity index (χ1) is 10.3. The summed E-state index contributed by atoms with van der Waals surface area (Å²) < 4.78 is 11.3. The largest absolute Gasteiger partial charge is 0.486 e. The molecule has 0 saturated carbocycles. The Bertz CT molecular complexity index is 697. The first kappa shape index (κ1) is 12.3. The molecule has 0 aromatic heterocycles. The van der Waals surface area contributed by atoms with Gasteiger partial charge in [0.1, 0.15) is 13.2 Å². The lowest BCUT2D eigenvalue weighted by Crippen LogP contribution is -2.24. The van der Waals surface area contributed by atoms with Gasteiger partial charge < -0.3 is 14.8 Å². The molecule has 1 N–H and O–H groups in total. The van der Waals surface area contributed by atoms with Gasteiger partial charge in [0.15, 0.2) is 11.5 Å². The number of fused-ring (bicyclic) bond motifs is 2. The summed E-state index contributed by atoms with van der Waals surface area (Å²) in [5.41, 5.74) is 3.06. The fraction of sp³-hybridized carbons (Fsp3) is 0.235. The second-order valence-electron chi connectivity index (χ2n) is 5.30. The maximum absolute atomic E-state index is 12.0. The van der Waals surface area contributed by atoms with Crippen LogP contribution in [0.5, 0.6) is 11.5 Å². The van der Waals surface area contributed by atoms with E-state index in [0.29, 0.717) is 25.4 Å². The normalized spacial score (nSPS) is 19.6. The van der Waals surface area contributed by atoms with Gasteiger partial charge in [-0.15, -0.1) is 0 Å². The molecule has 2 aliphatic heterocycles. The molecule has 1 amide bonds. The molecule has 0 bridgehead atoms. The standard InChI is InChI=1S/C17H15NO3/c19-17-9-12(11-4-2-1-3-5-11)13-8-15-16(10-14(13)18-17)21-7-6-20-15/h1-5,8,10,12H,6-7,9H2,(H,18,19). The molecule has 4 rings (SSSR count). The molecule has 106 valence electrons. The summed E-state index contributed by atoms with van der Waals surface area (Å²) in [6, 6.07) is 14.0. The monoisotopic (exact) mass is 281 g/mol. The van der Waals surface area contributed by atoms with Gasteiger partial charge in [0.2, 0.25) is 5.91 Å². The highest BCUT2D eigenvalue weighted by Gasteiger charge is 2.29. The predicted octanol–water partition coefficient (Wildman–Crippen LogP) is 2.93. The number of carbonyl (C=O) groups is 1. The zero-order chi connectivity index (χ0) is 14.2. The second kappa shape index (κ2) is 4.81. The molecule has 2 heterocycles. The Balaban J connectivity index is 1.84. The van der Waals surface area contributed by atoms with Gasteiger partial charge in [-0.1, -0.05) is 30.3 Å².